The van der Waals surface area contributed by atoms with E-state index in [-0.39, 0.29) is 12.0 Å². The number of fused-ring (bicyclic) bond motifs is 1. The fourth-order valence-corrected chi connectivity index (χ4v) is 3.10. The van der Waals surface area contributed by atoms with Gasteiger partial charge in [-0.25, -0.2) is 0 Å². The van der Waals surface area contributed by atoms with Gasteiger partial charge in [-0.3, -0.25) is 4.98 Å². The third kappa shape index (κ3) is 1.31. The van der Waals surface area contributed by atoms with Gasteiger partial charge in [0.1, 0.15) is 5.60 Å². The van der Waals surface area contributed by atoms with Crippen LogP contribution < -0.4 is 0 Å². The Balaban J connectivity index is 1.98. The molecular formula is C13H17NO2. The molecule has 3 nitrogen and oxygen atoms in total. The van der Waals surface area contributed by atoms with Gasteiger partial charge in [-0.1, -0.05) is 6.07 Å². The molecule has 16 heavy (non-hydrogen) atoms. The maximum absolute atomic E-state index is 10.7. The average molecular weight is 219 g/mol. The molecule has 0 spiro atoms. The number of pyridine rings is 1. The molecule has 1 aliphatic heterocycles. The van der Waals surface area contributed by atoms with Gasteiger partial charge in [0.05, 0.1) is 6.10 Å². The van der Waals surface area contributed by atoms with Crippen molar-refractivity contribution in [2.45, 2.75) is 43.8 Å². The minimum atomic E-state index is -0.709. The molecule has 3 heteroatoms. The number of hydrogen-bond acceptors (Lipinski definition) is 3. The van der Waals surface area contributed by atoms with Crippen molar-refractivity contribution in [3.05, 3.63) is 29.6 Å². The maximum Gasteiger partial charge on any atom is 0.101 e. The number of aryl methyl sites for hydroxylation is 1. The highest BCUT2D eigenvalue weighted by Crippen LogP contribution is 2.45. The van der Waals surface area contributed by atoms with Crippen molar-refractivity contribution < 1.29 is 9.84 Å². The summed E-state index contributed by atoms with van der Waals surface area (Å²) in [4.78, 5) is 4.45. The molecule has 0 aromatic carbocycles. The zero-order valence-corrected chi connectivity index (χ0v) is 9.52. The highest BCUT2D eigenvalue weighted by atomic mass is 16.5. The summed E-state index contributed by atoms with van der Waals surface area (Å²) in [5, 5.41) is 10.7. The van der Waals surface area contributed by atoms with Crippen LogP contribution in [0.15, 0.2) is 18.3 Å². The van der Waals surface area contributed by atoms with Crippen molar-refractivity contribution in [3.63, 3.8) is 0 Å². The fourth-order valence-electron chi connectivity index (χ4n) is 3.10. The number of rotatable bonds is 1. The Bertz CT molecular complexity index is 407. The lowest BCUT2D eigenvalue weighted by molar-refractivity contribution is -0.0474. The van der Waals surface area contributed by atoms with Crippen molar-refractivity contribution in [1.82, 2.24) is 4.98 Å². The van der Waals surface area contributed by atoms with Gasteiger partial charge in [0.2, 0.25) is 0 Å². The molecule has 2 heterocycles. The third-order valence-corrected chi connectivity index (χ3v) is 4.14. The van der Waals surface area contributed by atoms with Crippen LogP contribution in [0.25, 0.3) is 0 Å². The Morgan fingerprint density at radius 1 is 1.56 bits per heavy atom. The van der Waals surface area contributed by atoms with E-state index in [0.29, 0.717) is 6.61 Å². The summed E-state index contributed by atoms with van der Waals surface area (Å²) in [7, 11) is 0. The molecule has 0 amide bonds. The summed E-state index contributed by atoms with van der Waals surface area (Å²) in [5.74, 6) is 0.154. The van der Waals surface area contributed by atoms with Crippen LogP contribution in [0.2, 0.25) is 0 Å². The van der Waals surface area contributed by atoms with Crippen LogP contribution in [0.1, 0.15) is 36.9 Å². The minimum Gasteiger partial charge on any atom is -0.386 e. The molecule has 1 aromatic rings. The first-order chi connectivity index (χ1) is 7.72. The number of aliphatic hydroxyl groups is 1. The quantitative estimate of drug-likeness (QED) is 0.781. The highest BCUT2D eigenvalue weighted by Gasteiger charge is 2.49. The SMILES string of the molecule is CC1OCCC1(O)C1CCc2cccnc21. The number of ether oxygens (including phenoxy) is 1. The van der Waals surface area contributed by atoms with Gasteiger partial charge in [0.15, 0.2) is 0 Å². The van der Waals surface area contributed by atoms with E-state index in [1.807, 2.05) is 19.2 Å². The van der Waals surface area contributed by atoms with E-state index in [1.165, 1.54) is 5.56 Å². The van der Waals surface area contributed by atoms with Crippen molar-refractivity contribution >= 4 is 0 Å². The minimum absolute atomic E-state index is 0.0783. The molecule has 1 saturated heterocycles. The lowest BCUT2D eigenvalue weighted by atomic mass is 9.80. The topological polar surface area (TPSA) is 42.4 Å². The first-order valence-corrected chi connectivity index (χ1v) is 5.99. The summed E-state index contributed by atoms with van der Waals surface area (Å²) < 4.78 is 5.52. The van der Waals surface area contributed by atoms with E-state index in [4.69, 9.17) is 4.74 Å². The number of aromatic nitrogens is 1. The summed E-state index contributed by atoms with van der Waals surface area (Å²) in [6.45, 7) is 2.63. The second-order valence-electron chi connectivity index (χ2n) is 4.89. The van der Waals surface area contributed by atoms with Crippen molar-refractivity contribution in [2.24, 2.45) is 0 Å². The first-order valence-electron chi connectivity index (χ1n) is 5.99. The van der Waals surface area contributed by atoms with Gasteiger partial charge in [0, 0.05) is 30.8 Å². The second-order valence-corrected chi connectivity index (χ2v) is 4.89. The Morgan fingerprint density at radius 3 is 3.19 bits per heavy atom. The van der Waals surface area contributed by atoms with Gasteiger partial charge in [-0.05, 0) is 31.4 Å². The van der Waals surface area contributed by atoms with E-state index in [9.17, 15) is 5.11 Å². The molecule has 3 rings (SSSR count). The van der Waals surface area contributed by atoms with E-state index in [1.54, 1.807) is 0 Å². The standard InChI is InChI=1S/C13H17NO2/c1-9-13(15,6-8-16-9)11-5-4-10-3-2-7-14-12(10)11/h2-3,7,9,11,15H,4-6,8H2,1H3. The average Bonchev–Trinajstić information content (AvgIpc) is 2.85. The van der Waals surface area contributed by atoms with Crippen molar-refractivity contribution in [2.75, 3.05) is 6.61 Å². The normalized spacial score (nSPS) is 37.6. The Hall–Kier alpha value is -0.930. The van der Waals surface area contributed by atoms with Crippen LogP contribution in [-0.4, -0.2) is 28.4 Å². The van der Waals surface area contributed by atoms with Gasteiger partial charge >= 0.3 is 0 Å². The van der Waals surface area contributed by atoms with E-state index >= 15 is 0 Å². The smallest absolute Gasteiger partial charge is 0.101 e. The molecule has 86 valence electrons. The Kier molecular flexibility index (Phi) is 2.26. The molecule has 1 N–H and O–H groups in total. The largest absolute Gasteiger partial charge is 0.386 e. The van der Waals surface area contributed by atoms with Gasteiger partial charge in [-0.15, -0.1) is 0 Å². The number of hydrogen-bond donors (Lipinski definition) is 1. The molecule has 1 fully saturated rings. The predicted molar refractivity (Wildman–Crippen MR) is 60.3 cm³/mol. The monoisotopic (exact) mass is 219 g/mol. The lowest BCUT2D eigenvalue weighted by Crippen LogP contribution is -2.42. The molecule has 1 aliphatic carbocycles. The Labute approximate surface area is 95.5 Å². The van der Waals surface area contributed by atoms with E-state index < -0.39 is 5.60 Å². The van der Waals surface area contributed by atoms with Crippen LogP contribution in [0.4, 0.5) is 0 Å². The molecule has 3 atom stereocenters. The number of nitrogens with zero attached hydrogens (tertiary/aromatic N) is 1. The Morgan fingerprint density at radius 2 is 2.44 bits per heavy atom. The molecule has 0 bridgehead atoms. The third-order valence-electron chi connectivity index (χ3n) is 4.14. The van der Waals surface area contributed by atoms with Crippen molar-refractivity contribution in [1.29, 1.82) is 0 Å². The summed E-state index contributed by atoms with van der Waals surface area (Å²) in [6.07, 6.45) is 4.50. The molecular weight excluding hydrogens is 202 g/mol. The fraction of sp³-hybridized carbons (Fsp3) is 0.615. The molecule has 3 unspecified atom stereocenters. The highest BCUT2D eigenvalue weighted by molar-refractivity contribution is 5.32. The first kappa shape index (κ1) is 10.2. The van der Waals surface area contributed by atoms with Crippen LogP contribution in [0, 0.1) is 0 Å². The van der Waals surface area contributed by atoms with Crippen molar-refractivity contribution in [3.8, 4) is 0 Å². The summed E-state index contributed by atoms with van der Waals surface area (Å²) >= 11 is 0. The van der Waals surface area contributed by atoms with E-state index in [0.717, 1.165) is 25.0 Å². The maximum atomic E-state index is 10.7. The summed E-state index contributed by atoms with van der Waals surface area (Å²) in [5.41, 5.74) is 1.67. The van der Waals surface area contributed by atoms with Crippen LogP contribution in [-0.2, 0) is 11.2 Å². The van der Waals surface area contributed by atoms with Crippen LogP contribution in [0.3, 0.4) is 0 Å². The molecule has 0 saturated carbocycles. The molecule has 0 radical (unpaired) electrons. The zero-order valence-electron chi connectivity index (χ0n) is 9.52. The van der Waals surface area contributed by atoms with Crippen LogP contribution in [0.5, 0.6) is 0 Å². The second kappa shape index (κ2) is 3.54. The lowest BCUT2D eigenvalue weighted by Gasteiger charge is -2.32. The van der Waals surface area contributed by atoms with Gasteiger partial charge < -0.3 is 9.84 Å². The van der Waals surface area contributed by atoms with E-state index in [2.05, 4.69) is 11.1 Å². The molecule has 1 aromatic heterocycles. The molecule has 2 aliphatic rings. The predicted octanol–water partition coefficient (Wildman–Crippen LogP) is 1.65. The van der Waals surface area contributed by atoms with Gasteiger partial charge in [0.25, 0.3) is 0 Å². The van der Waals surface area contributed by atoms with Gasteiger partial charge in [-0.2, -0.15) is 0 Å². The summed E-state index contributed by atoms with van der Waals surface area (Å²) in [6, 6.07) is 4.09. The zero-order chi connectivity index (χ0) is 11.2. The van der Waals surface area contributed by atoms with Crippen LogP contribution >= 0.6 is 0 Å².